The minimum atomic E-state index is -0.298. The molecule has 0 spiro atoms. The van der Waals surface area contributed by atoms with Crippen LogP contribution >= 0.6 is 7.92 Å². The fourth-order valence-corrected chi connectivity index (χ4v) is 2.26. The number of anilines is 1. The van der Waals surface area contributed by atoms with Crippen LogP contribution in [-0.2, 0) is 15.8 Å². The molecule has 0 saturated carbocycles. The summed E-state index contributed by atoms with van der Waals surface area (Å²) in [5.74, 6) is 2.27. The van der Waals surface area contributed by atoms with E-state index in [1.807, 2.05) is 6.07 Å². The third kappa shape index (κ3) is 3.58. The van der Waals surface area contributed by atoms with Crippen LogP contribution < -0.4 is 5.32 Å². The number of benzene rings is 1. The summed E-state index contributed by atoms with van der Waals surface area (Å²) in [4.78, 5) is 24.8. The average Bonchev–Trinajstić information content (AvgIpc) is 3.04. The number of hydrogen-bond donors (Lipinski definition) is 1. The summed E-state index contributed by atoms with van der Waals surface area (Å²) in [6.45, 7) is 0.721. The van der Waals surface area contributed by atoms with E-state index in [4.69, 9.17) is 4.74 Å². The van der Waals surface area contributed by atoms with Gasteiger partial charge in [0.15, 0.2) is 0 Å². The van der Waals surface area contributed by atoms with Crippen molar-refractivity contribution < 1.29 is 14.1 Å². The molecular formula is C15H12N5O3P. The molecule has 1 N–H and O–H groups in total. The number of aromatic nitrogens is 4. The Labute approximate surface area is 138 Å². The molecule has 1 amide bonds. The van der Waals surface area contributed by atoms with E-state index in [2.05, 4.69) is 26.1 Å². The van der Waals surface area contributed by atoms with Gasteiger partial charge in [0.2, 0.25) is 0 Å². The summed E-state index contributed by atoms with van der Waals surface area (Å²) in [6.07, 6.45) is 2.94. The molecule has 0 unspecified atom stereocenters. The Morgan fingerprint density at radius 3 is 2.88 bits per heavy atom. The monoisotopic (exact) mass is 341 g/mol. The zero-order chi connectivity index (χ0) is 16.8. The first kappa shape index (κ1) is 16.1. The van der Waals surface area contributed by atoms with Gasteiger partial charge in [-0.25, -0.2) is 0 Å². The molecule has 120 valence electrons. The zero-order valence-electron chi connectivity index (χ0n) is 12.4. The van der Waals surface area contributed by atoms with E-state index in [1.165, 1.54) is 6.33 Å². The molecule has 0 radical (unpaired) electrons. The first-order valence-corrected chi connectivity index (χ1v) is 7.82. The second kappa shape index (κ2) is 7.66. The van der Waals surface area contributed by atoms with E-state index >= 15 is 0 Å². The molecule has 3 aromatic rings. The predicted octanol–water partition coefficient (Wildman–Crippen LogP) is 2.30. The zero-order valence-corrected chi connectivity index (χ0v) is 13.3. The van der Waals surface area contributed by atoms with Crippen LogP contribution in [-0.4, -0.2) is 32.0 Å². The predicted molar refractivity (Wildman–Crippen MR) is 87.2 cm³/mol. The molecule has 0 fully saturated rings. The molecule has 2 heterocycles. The van der Waals surface area contributed by atoms with Gasteiger partial charge in [-0.1, -0.05) is 18.2 Å². The Balaban J connectivity index is 1.81. The van der Waals surface area contributed by atoms with Gasteiger partial charge in [0.1, 0.15) is 0 Å². The molecule has 0 bridgehead atoms. The summed E-state index contributed by atoms with van der Waals surface area (Å²) in [6, 6.07) is 8.84. The van der Waals surface area contributed by atoms with Crippen molar-refractivity contribution in [2.75, 3.05) is 11.9 Å². The first-order valence-electron chi connectivity index (χ1n) is 7.01. The van der Waals surface area contributed by atoms with Crippen LogP contribution in [0.1, 0.15) is 10.4 Å². The van der Waals surface area contributed by atoms with Gasteiger partial charge >= 0.3 is 119 Å². The molecule has 0 aliphatic carbocycles. The van der Waals surface area contributed by atoms with E-state index in [0.717, 1.165) is 0 Å². The van der Waals surface area contributed by atoms with Crippen LogP contribution in [0.5, 0.6) is 0 Å². The molecular weight excluding hydrogens is 329 g/mol. The van der Waals surface area contributed by atoms with Crippen molar-refractivity contribution in [1.82, 2.24) is 19.5 Å². The normalized spacial score (nSPS) is 10.3. The number of ether oxygens (including phenoxy) is 1. The standard InChI is InChI=1S/C15H12N5O3P/c21-15(11-4-2-1-3-5-11)19-13-12-14(17-8-16-13)20(9-18-12)6-7-23-10-24-22/h1-5,8-9H,6-7H2,(H,16,17,19,21). The summed E-state index contributed by atoms with van der Waals surface area (Å²) in [5.41, 5.74) is 1.58. The average molecular weight is 341 g/mol. The van der Waals surface area contributed by atoms with E-state index in [9.17, 15) is 9.36 Å². The van der Waals surface area contributed by atoms with Gasteiger partial charge in [0, 0.05) is 0 Å². The van der Waals surface area contributed by atoms with Crippen LogP contribution in [0.4, 0.5) is 5.82 Å². The molecule has 2 aromatic heterocycles. The molecule has 9 heteroatoms. The number of nitrogens with one attached hydrogen (secondary N) is 1. The van der Waals surface area contributed by atoms with Crippen LogP contribution in [0, 0.1) is 5.81 Å². The fourth-order valence-electron chi connectivity index (χ4n) is 2.12. The number of nitrogens with zero attached hydrogens (tertiary/aromatic N) is 4. The van der Waals surface area contributed by atoms with Crippen molar-refractivity contribution in [3.63, 3.8) is 0 Å². The Morgan fingerprint density at radius 2 is 2.08 bits per heavy atom. The number of amides is 1. The maximum atomic E-state index is 12.2. The molecule has 24 heavy (non-hydrogen) atoms. The van der Waals surface area contributed by atoms with Crippen molar-refractivity contribution in [2.45, 2.75) is 6.54 Å². The van der Waals surface area contributed by atoms with Crippen LogP contribution in [0.3, 0.4) is 0 Å². The number of hydrogen-bond acceptors (Lipinski definition) is 6. The van der Waals surface area contributed by atoms with Crippen molar-refractivity contribution in [3.8, 4) is 5.81 Å². The Kier molecular flexibility index (Phi) is 5.13. The maximum absolute atomic E-state index is 12.2. The second-order valence-corrected chi connectivity index (χ2v) is 5.05. The number of carbonyl (C=O) groups is 1. The Hall–Kier alpha value is -2.79. The molecule has 0 aliphatic heterocycles. The van der Waals surface area contributed by atoms with E-state index < -0.39 is 0 Å². The van der Waals surface area contributed by atoms with E-state index in [0.29, 0.717) is 29.1 Å². The Bertz CT molecular complexity index is 968. The van der Waals surface area contributed by atoms with Crippen molar-refractivity contribution >= 4 is 30.8 Å². The number of rotatable bonds is 5. The van der Waals surface area contributed by atoms with Gasteiger partial charge in [-0.05, 0) is 0 Å². The summed E-state index contributed by atoms with van der Waals surface area (Å²) < 4.78 is 16.9. The van der Waals surface area contributed by atoms with Crippen LogP contribution in [0.25, 0.3) is 11.2 Å². The molecule has 8 nitrogen and oxygen atoms in total. The number of carbonyl (C=O) groups excluding carboxylic acids is 1. The van der Waals surface area contributed by atoms with E-state index in [-0.39, 0.29) is 20.4 Å². The summed E-state index contributed by atoms with van der Waals surface area (Å²) >= 11 is 0. The topological polar surface area (TPSA) is 99.0 Å². The molecule has 0 aliphatic rings. The van der Waals surface area contributed by atoms with Gasteiger partial charge in [0.25, 0.3) is 0 Å². The van der Waals surface area contributed by atoms with Crippen molar-refractivity contribution in [1.29, 1.82) is 0 Å². The van der Waals surface area contributed by atoms with Gasteiger partial charge in [-0.2, -0.15) is 0 Å². The Morgan fingerprint density at radius 1 is 1.25 bits per heavy atom. The number of imidazole rings is 1. The van der Waals surface area contributed by atoms with Gasteiger partial charge in [-0.15, -0.1) is 0 Å². The van der Waals surface area contributed by atoms with E-state index in [1.54, 1.807) is 35.2 Å². The summed E-state index contributed by atoms with van der Waals surface area (Å²) in [7, 11) is -0.298. The molecule has 0 atom stereocenters. The van der Waals surface area contributed by atoms with Gasteiger partial charge in [0.05, 0.1) is 0 Å². The van der Waals surface area contributed by atoms with Gasteiger partial charge < -0.3 is 0 Å². The van der Waals surface area contributed by atoms with Gasteiger partial charge in [-0.3, -0.25) is 0 Å². The quantitative estimate of drug-likeness (QED) is 0.565. The molecule has 0 saturated heterocycles. The third-order valence-electron chi connectivity index (χ3n) is 3.21. The van der Waals surface area contributed by atoms with Crippen LogP contribution in [0.15, 0.2) is 43.0 Å². The molecule has 1 aromatic carbocycles. The minimum absolute atomic E-state index is 0.271. The SMILES string of the molecule is O=P#COCCn1cnc2c(NC(=O)c3ccccc3)ncnc21. The fraction of sp³-hybridized carbons (Fsp3) is 0.133. The van der Waals surface area contributed by atoms with Crippen molar-refractivity contribution in [3.05, 3.63) is 48.5 Å². The number of fused-ring (bicyclic) bond motifs is 1. The van der Waals surface area contributed by atoms with Crippen LogP contribution in [0.2, 0.25) is 0 Å². The molecule has 3 rings (SSSR count). The first-order chi connectivity index (χ1) is 11.8. The second-order valence-electron chi connectivity index (χ2n) is 4.68. The summed E-state index contributed by atoms with van der Waals surface area (Å²) in [5, 5.41) is 2.74. The van der Waals surface area contributed by atoms with Crippen molar-refractivity contribution in [2.24, 2.45) is 0 Å². The third-order valence-corrected chi connectivity index (χ3v) is 3.41.